The Kier molecular flexibility index (Phi) is 5.93. The second kappa shape index (κ2) is 6.14. The molecule has 3 heteroatoms. The third kappa shape index (κ3) is 2.57. The van der Waals surface area contributed by atoms with Gasteiger partial charge in [-0.1, -0.05) is 13.8 Å². The van der Waals surface area contributed by atoms with Gasteiger partial charge in [-0.25, -0.2) is 0 Å². The van der Waals surface area contributed by atoms with Crippen LogP contribution in [0, 0.1) is 0 Å². The summed E-state index contributed by atoms with van der Waals surface area (Å²) in [5, 5.41) is 9.98. The van der Waals surface area contributed by atoms with Crippen LogP contribution in [0.2, 0.25) is 0 Å². The van der Waals surface area contributed by atoms with Crippen LogP contribution < -0.4 is 0 Å². The lowest BCUT2D eigenvalue weighted by Crippen LogP contribution is -1.95. The molecule has 12 heavy (non-hydrogen) atoms. The van der Waals surface area contributed by atoms with Crippen molar-refractivity contribution in [2.45, 2.75) is 25.5 Å². The first-order chi connectivity index (χ1) is 5.79. The smallest absolute Gasteiger partial charge is 0.0833 e. The zero-order chi connectivity index (χ0) is 9.56. The predicted octanol–water partition coefficient (Wildman–Crippen LogP) is 2.27. The van der Waals surface area contributed by atoms with Crippen LogP contribution in [0.3, 0.4) is 0 Å². The molecule has 0 unspecified atom stereocenters. The summed E-state index contributed by atoms with van der Waals surface area (Å²) < 4.78 is 1.99. The topological polar surface area (TPSA) is 25.2 Å². The van der Waals surface area contributed by atoms with Gasteiger partial charge in [0.15, 0.2) is 0 Å². The predicted molar refractivity (Wildman–Crippen MR) is 54.5 cm³/mol. The summed E-state index contributed by atoms with van der Waals surface area (Å²) in [5.41, 5.74) is 0.962. The lowest BCUT2D eigenvalue weighted by atomic mass is 10.5. The fourth-order valence-electron chi connectivity index (χ4n) is 0.896. The summed E-state index contributed by atoms with van der Waals surface area (Å²) in [6.07, 6.45) is 2.02. The van der Waals surface area contributed by atoms with Crippen LogP contribution in [0.15, 0.2) is 17.2 Å². The van der Waals surface area contributed by atoms with Crippen LogP contribution in [0.25, 0.3) is 0 Å². The van der Waals surface area contributed by atoms with E-state index in [9.17, 15) is 0 Å². The van der Waals surface area contributed by atoms with Crippen molar-refractivity contribution >= 4 is 11.8 Å². The number of rotatable bonds is 2. The quantitative estimate of drug-likeness (QED) is 0.718. The van der Waals surface area contributed by atoms with Crippen LogP contribution in [0.4, 0.5) is 0 Å². The molecule has 0 saturated carbocycles. The molecule has 2 nitrogen and oxygen atoms in total. The van der Waals surface area contributed by atoms with Crippen molar-refractivity contribution in [2.75, 3.05) is 6.26 Å². The summed E-state index contributed by atoms with van der Waals surface area (Å²) in [7, 11) is 1.96. The fraction of sp³-hybridized carbons (Fsp3) is 0.556. The Bertz CT molecular complexity index is 199. The molecule has 0 saturated heterocycles. The Labute approximate surface area is 78.6 Å². The fourth-order valence-corrected chi connectivity index (χ4v) is 1.49. The molecular weight excluding hydrogens is 170 g/mol. The first-order valence-electron chi connectivity index (χ1n) is 4.09. The summed E-state index contributed by atoms with van der Waals surface area (Å²) in [5.74, 6) is 0. The first-order valence-corrected chi connectivity index (χ1v) is 5.31. The second-order valence-electron chi connectivity index (χ2n) is 2.08. The number of hydrogen-bond acceptors (Lipinski definition) is 2. The van der Waals surface area contributed by atoms with Gasteiger partial charge in [0, 0.05) is 12.7 Å². The van der Waals surface area contributed by atoms with Crippen molar-refractivity contribution < 1.29 is 5.11 Å². The zero-order valence-corrected chi connectivity index (χ0v) is 8.98. The van der Waals surface area contributed by atoms with Crippen LogP contribution in [0.1, 0.15) is 19.5 Å². The lowest BCUT2D eigenvalue weighted by molar-refractivity contribution is 0.271. The van der Waals surface area contributed by atoms with E-state index in [0.717, 1.165) is 5.69 Å². The van der Waals surface area contributed by atoms with Gasteiger partial charge in [-0.15, -0.1) is 11.8 Å². The minimum atomic E-state index is 0.122. The summed E-state index contributed by atoms with van der Waals surface area (Å²) in [6.45, 7) is 4.12. The largest absolute Gasteiger partial charge is 0.390 e. The highest BCUT2D eigenvalue weighted by molar-refractivity contribution is 7.98. The van der Waals surface area contributed by atoms with Gasteiger partial charge in [-0.2, -0.15) is 0 Å². The number of thioether (sulfide) groups is 1. The van der Waals surface area contributed by atoms with Crippen molar-refractivity contribution in [2.24, 2.45) is 7.05 Å². The molecule has 1 aromatic rings. The Morgan fingerprint density at radius 3 is 2.25 bits per heavy atom. The number of aromatic nitrogens is 1. The molecule has 70 valence electrons. The van der Waals surface area contributed by atoms with E-state index in [1.165, 1.54) is 5.03 Å². The average molecular weight is 187 g/mol. The number of hydrogen-bond donors (Lipinski definition) is 1. The average Bonchev–Trinajstić information content (AvgIpc) is 2.49. The molecule has 0 aliphatic carbocycles. The van der Waals surface area contributed by atoms with Crippen molar-refractivity contribution in [1.29, 1.82) is 0 Å². The first kappa shape index (κ1) is 11.6. The van der Waals surface area contributed by atoms with E-state index in [1.807, 2.05) is 43.9 Å². The van der Waals surface area contributed by atoms with Gasteiger partial charge in [0.2, 0.25) is 0 Å². The summed E-state index contributed by atoms with van der Waals surface area (Å²) >= 11 is 1.68. The lowest BCUT2D eigenvalue weighted by Gasteiger charge is -2.01. The Hall–Kier alpha value is -0.410. The Balaban J connectivity index is 0.000000561. The van der Waals surface area contributed by atoms with Gasteiger partial charge in [0.25, 0.3) is 0 Å². The Morgan fingerprint density at radius 2 is 2.00 bits per heavy atom. The van der Waals surface area contributed by atoms with E-state index < -0.39 is 0 Å². The van der Waals surface area contributed by atoms with Gasteiger partial charge in [0.1, 0.15) is 0 Å². The molecule has 1 rings (SSSR count). The maximum atomic E-state index is 8.80. The molecule has 0 amide bonds. The molecular formula is C9H17NOS. The molecule has 1 heterocycles. The third-order valence-electron chi connectivity index (χ3n) is 1.55. The van der Waals surface area contributed by atoms with E-state index in [0.29, 0.717) is 0 Å². The van der Waals surface area contributed by atoms with Crippen molar-refractivity contribution in [3.8, 4) is 0 Å². The normalized spacial score (nSPS) is 9.08. The van der Waals surface area contributed by atoms with E-state index in [2.05, 4.69) is 0 Å². The summed E-state index contributed by atoms with van der Waals surface area (Å²) in [4.78, 5) is 0. The molecule has 0 spiro atoms. The molecule has 1 aromatic heterocycles. The molecule has 0 aromatic carbocycles. The highest BCUT2D eigenvalue weighted by Gasteiger charge is 2.00. The highest BCUT2D eigenvalue weighted by Crippen LogP contribution is 2.16. The van der Waals surface area contributed by atoms with Crippen LogP contribution in [-0.2, 0) is 13.7 Å². The monoisotopic (exact) mass is 187 g/mol. The van der Waals surface area contributed by atoms with Gasteiger partial charge < -0.3 is 9.67 Å². The second-order valence-corrected chi connectivity index (χ2v) is 2.91. The zero-order valence-electron chi connectivity index (χ0n) is 8.16. The number of aliphatic hydroxyl groups is 1. The van der Waals surface area contributed by atoms with Gasteiger partial charge in [-0.3, -0.25) is 0 Å². The number of aliphatic hydroxyl groups excluding tert-OH is 1. The standard InChI is InChI=1S/C7H11NOS.C2H6/c1-8-6(5-9)3-4-7(8)10-2;1-2/h3-4,9H,5H2,1-2H3;1-2H3. The van der Waals surface area contributed by atoms with Crippen LogP contribution in [-0.4, -0.2) is 15.9 Å². The van der Waals surface area contributed by atoms with Crippen LogP contribution >= 0.6 is 11.8 Å². The third-order valence-corrected chi connectivity index (χ3v) is 2.38. The minimum absolute atomic E-state index is 0.122. The van der Waals surface area contributed by atoms with E-state index in [1.54, 1.807) is 11.8 Å². The molecule has 1 N–H and O–H groups in total. The molecule has 0 atom stereocenters. The van der Waals surface area contributed by atoms with Crippen molar-refractivity contribution in [3.63, 3.8) is 0 Å². The minimum Gasteiger partial charge on any atom is -0.390 e. The van der Waals surface area contributed by atoms with Gasteiger partial charge in [0.05, 0.1) is 11.6 Å². The number of nitrogens with zero attached hydrogens (tertiary/aromatic N) is 1. The van der Waals surface area contributed by atoms with Gasteiger partial charge in [-0.05, 0) is 18.4 Å². The van der Waals surface area contributed by atoms with Crippen molar-refractivity contribution in [3.05, 3.63) is 17.8 Å². The Morgan fingerprint density at radius 1 is 1.42 bits per heavy atom. The van der Waals surface area contributed by atoms with Crippen molar-refractivity contribution in [1.82, 2.24) is 4.57 Å². The maximum Gasteiger partial charge on any atom is 0.0833 e. The molecule has 0 bridgehead atoms. The highest BCUT2D eigenvalue weighted by atomic mass is 32.2. The van der Waals surface area contributed by atoms with E-state index >= 15 is 0 Å². The molecule has 0 aliphatic rings. The molecule has 0 aliphatic heterocycles. The van der Waals surface area contributed by atoms with Crippen LogP contribution in [0.5, 0.6) is 0 Å². The molecule has 0 radical (unpaired) electrons. The van der Waals surface area contributed by atoms with E-state index in [-0.39, 0.29) is 6.61 Å². The summed E-state index contributed by atoms with van der Waals surface area (Å²) in [6, 6.07) is 3.95. The molecule has 0 fully saturated rings. The maximum absolute atomic E-state index is 8.80. The van der Waals surface area contributed by atoms with E-state index in [4.69, 9.17) is 5.11 Å². The van der Waals surface area contributed by atoms with Gasteiger partial charge >= 0.3 is 0 Å². The SMILES string of the molecule is CC.CSc1ccc(CO)n1C.